The lowest BCUT2D eigenvalue weighted by Crippen LogP contribution is -2.37. The van der Waals surface area contributed by atoms with Gasteiger partial charge in [-0.2, -0.15) is 0 Å². The molecule has 1 aromatic heterocycles. The second-order valence-corrected chi connectivity index (χ2v) is 4.00. The quantitative estimate of drug-likeness (QED) is 0.870. The third kappa shape index (κ3) is 3.83. The van der Waals surface area contributed by atoms with E-state index in [9.17, 15) is 13.6 Å². The Morgan fingerprint density at radius 2 is 2.18 bits per heavy atom. The monoisotopic (exact) mass is 286 g/mol. The second-order valence-electron chi connectivity index (χ2n) is 3.21. The van der Waals surface area contributed by atoms with Gasteiger partial charge in [0, 0.05) is 6.54 Å². The van der Waals surface area contributed by atoms with Crippen molar-refractivity contribution >= 4 is 29.1 Å². The Morgan fingerprint density at radius 3 is 2.59 bits per heavy atom. The number of rotatable bonds is 5. The maximum absolute atomic E-state index is 12.2. The Morgan fingerprint density at radius 1 is 1.53 bits per heavy atom. The number of nitrogens with zero attached hydrogens (tertiary/aromatic N) is 1. The van der Waals surface area contributed by atoms with E-state index in [1.54, 1.807) is 0 Å². The van der Waals surface area contributed by atoms with Gasteiger partial charge in [0.2, 0.25) is 0 Å². The molecule has 0 aromatic carbocycles. The van der Waals surface area contributed by atoms with Gasteiger partial charge in [0.25, 0.3) is 12.3 Å². The molecule has 0 aliphatic rings. The van der Waals surface area contributed by atoms with Crippen molar-refractivity contribution in [3.05, 3.63) is 21.9 Å². The molecule has 0 unspecified atom stereocenters. The minimum absolute atomic E-state index is 0.00843. The summed E-state index contributed by atoms with van der Waals surface area (Å²) in [6.45, 7) is -1.34. The van der Waals surface area contributed by atoms with E-state index in [2.05, 4.69) is 4.98 Å². The van der Waals surface area contributed by atoms with E-state index in [1.165, 1.54) is 6.07 Å². The Labute approximate surface area is 106 Å². The molecule has 4 nitrogen and oxygen atoms in total. The number of carbonyl (C=O) groups excluding carboxylic acids is 1. The van der Waals surface area contributed by atoms with Gasteiger partial charge in [-0.1, -0.05) is 23.2 Å². The van der Waals surface area contributed by atoms with Crippen LogP contribution in [0.4, 0.5) is 8.78 Å². The molecule has 1 heterocycles. The average Bonchev–Trinajstić information content (AvgIpc) is 2.57. The number of H-pyrrole nitrogens is 1. The van der Waals surface area contributed by atoms with Gasteiger partial charge in [0.05, 0.1) is 18.2 Å². The van der Waals surface area contributed by atoms with Crippen LogP contribution < -0.4 is 0 Å². The minimum Gasteiger partial charge on any atom is -0.395 e. The molecule has 0 bridgehead atoms. The number of nitrogens with one attached hydrogen (secondary N) is 1. The number of hydrogen-bond acceptors (Lipinski definition) is 2. The Balaban J connectivity index is 2.83. The van der Waals surface area contributed by atoms with Crippen LogP contribution in [0.5, 0.6) is 0 Å². The largest absolute Gasteiger partial charge is 0.395 e. The van der Waals surface area contributed by atoms with E-state index >= 15 is 0 Å². The molecular formula is C9H10Cl2F2N2O2. The lowest BCUT2D eigenvalue weighted by molar-refractivity contribution is 0.0505. The van der Waals surface area contributed by atoms with Crippen LogP contribution in [0.15, 0.2) is 6.07 Å². The summed E-state index contributed by atoms with van der Waals surface area (Å²) in [5.41, 5.74) is 0.00843. The molecule has 0 saturated heterocycles. The summed E-state index contributed by atoms with van der Waals surface area (Å²) in [5, 5.41) is 8.90. The molecule has 2 N–H and O–H groups in total. The normalized spacial score (nSPS) is 10.9. The smallest absolute Gasteiger partial charge is 0.270 e. The van der Waals surface area contributed by atoms with E-state index in [4.69, 9.17) is 28.3 Å². The minimum atomic E-state index is -2.67. The first-order valence-electron chi connectivity index (χ1n) is 4.68. The van der Waals surface area contributed by atoms with E-state index in [-0.39, 0.29) is 22.4 Å². The number of amides is 1. The van der Waals surface area contributed by atoms with E-state index in [1.807, 2.05) is 0 Å². The highest BCUT2D eigenvalue weighted by Crippen LogP contribution is 2.22. The van der Waals surface area contributed by atoms with Crippen molar-refractivity contribution in [1.29, 1.82) is 0 Å². The van der Waals surface area contributed by atoms with Crippen LogP contribution in [0.25, 0.3) is 0 Å². The third-order valence-electron chi connectivity index (χ3n) is 1.97. The zero-order valence-electron chi connectivity index (χ0n) is 8.59. The van der Waals surface area contributed by atoms with Crippen LogP contribution >= 0.6 is 23.2 Å². The molecule has 0 aliphatic heterocycles. The van der Waals surface area contributed by atoms with Crippen molar-refractivity contribution in [2.24, 2.45) is 0 Å². The van der Waals surface area contributed by atoms with E-state index in [0.29, 0.717) is 0 Å². The van der Waals surface area contributed by atoms with Crippen molar-refractivity contribution in [2.75, 3.05) is 19.7 Å². The molecule has 8 heteroatoms. The number of carbonyl (C=O) groups is 1. The first-order valence-corrected chi connectivity index (χ1v) is 5.43. The highest BCUT2D eigenvalue weighted by molar-refractivity contribution is 6.41. The molecule has 1 rings (SSSR count). The zero-order chi connectivity index (χ0) is 13.0. The van der Waals surface area contributed by atoms with Crippen molar-refractivity contribution in [2.45, 2.75) is 6.43 Å². The van der Waals surface area contributed by atoms with Gasteiger partial charge in [0.1, 0.15) is 10.8 Å². The Bertz CT molecular complexity index is 379. The molecular weight excluding hydrogens is 277 g/mol. The highest BCUT2D eigenvalue weighted by Gasteiger charge is 2.21. The zero-order valence-corrected chi connectivity index (χ0v) is 10.1. The number of aromatic amines is 1. The number of aliphatic hydroxyl groups is 1. The maximum atomic E-state index is 12.2. The standard InChI is InChI=1S/C9H10Cl2F2N2O2/c10-5-3-6(14-8(5)11)9(17)15(1-2-16)4-7(12)13/h3,7,14,16H,1-2,4H2. The van der Waals surface area contributed by atoms with Gasteiger partial charge in [0.15, 0.2) is 0 Å². The van der Waals surface area contributed by atoms with Gasteiger partial charge < -0.3 is 15.0 Å². The van der Waals surface area contributed by atoms with Crippen LogP contribution in [0.1, 0.15) is 10.5 Å². The van der Waals surface area contributed by atoms with E-state index in [0.717, 1.165) is 4.90 Å². The Kier molecular flexibility index (Phi) is 5.17. The predicted molar refractivity (Wildman–Crippen MR) is 59.8 cm³/mol. The molecule has 96 valence electrons. The van der Waals surface area contributed by atoms with Gasteiger partial charge in [-0.25, -0.2) is 8.78 Å². The lowest BCUT2D eigenvalue weighted by Gasteiger charge is -2.20. The topological polar surface area (TPSA) is 56.3 Å². The summed E-state index contributed by atoms with van der Waals surface area (Å²) in [6, 6.07) is 1.25. The number of alkyl halides is 2. The van der Waals surface area contributed by atoms with Crippen LogP contribution in [0.2, 0.25) is 10.2 Å². The number of aliphatic hydroxyl groups excluding tert-OH is 1. The molecule has 1 aromatic rings. The maximum Gasteiger partial charge on any atom is 0.270 e. The van der Waals surface area contributed by atoms with Gasteiger partial charge >= 0.3 is 0 Å². The summed E-state index contributed by atoms with van der Waals surface area (Å²) < 4.78 is 24.5. The lowest BCUT2D eigenvalue weighted by atomic mass is 10.3. The van der Waals surface area contributed by atoms with Crippen LogP contribution in [0.3, 0.4) is 0 Å². The summed E-state index contributed by atoms with van der Waals surface area (Å²) >= 11 is 11.2. The molecule has 0 aliphatic carbocycles. The fourth-order valence-electron chi connectivity index (χ4n) is 1.25. The number of aromatic nitrogens is 1. The fraction of sp³-hybridized carbons (Fsp3) is 0.444. The molecule has 0 saturated carbocycles. The molecule has 0 radical (unpaired) electrons. The molecule has 0 atom stereocenters. The summed E-state index contributed by atoms with van der Waals surface area (Å²) in [6.07, 6.45) is -2.67. The first-order chi connectivity index (χ1) is 7.95. The number of hydrogen-bond donors (Lipinski definition) is 2. The van der Waals surface area contributed by atoms with Crippen molar-refractivity contribution in [3.8, 4) is 0 Å². The Hall–Kier alpha value is -0.850. The second kappa shape index (κ2) is 6.18. The third-order valence-corrected chi connectivity index (χ3v) is 2.66. The van der Waals surface area contributed by atoms with Crippen LogP contribution in [-0.4, -0.2) is 47.0 Å². The van der Waals surface area contributed by atoms with Crippen molar-refractivity contribution in [3.63, 3.8) is 0 Å². The summed E-state index contributed by atoms with van der Waals surface area (Å²) in [4.78, 5) is 15.1. The van der Waals surface area contributed by atoms with Crippen molar-refractivity contribution in [1.82, 2.24) is 9.88 Å². The van der Waals surface area contributed by atoms with Gasteiger partial charge in [-0.15, -0.1) is 0 Å². The molecule has 1 amide bonds. The summed E-state index contributed by atoms with van der Waals surface area (Å²) in [5.74, 6) is -0.687. The average molecular weight is 287 g/mol. The van der Waals surface area contributed by atoms with Gasteiger partial charge in [-0.05, 0) is 6.07 Å². The highest BCUT2D eigenvalue weighted by atomic mass is 35.5. The van der Waals surface area contributed by atoms with Crippen LogP contribution in [-0.2, 0) is 0 Å². The van der Waals surface area contributed by atoms with Crippen molar-refractivity contribution < 1.29 is 18.7 Å². The van der Waals surface area contributed by atoms with Crippen LogP contribution in [0, 0.1) is 0 Å². The predicted octanol–water partition coefficient (Wildman–Crippen LogP) is 2.02. The fourth-order valence-corrected chi connectivity index (χ4v) is 1.57. The SMILES string of the molecule is O=C(c1cc(Cl)c(Cl)[nH]1)N(CCO)CC(F)F. The first kappa shape index (κ1) is 14.2. The number of halogens is 4. The molecule has 0 fully saturated rings. The molecule has 0 spiro atoms. The van der Waals surface area contributed by atoms with E-state index < -0.39 is 25.5 Å². The summed E-state index contributed by atoms with van der Waals surface area (Å²) in [7, 11) is 0. The molecule has 17 heavy (non-hydrogen) atoms. The van der Waals surface area contributed by atoms with Gasteiger partial charge in [-0.3, -0.25) is 4.79 Å².